The summed E-state index contributed by atoms with van der Waals surface area (Å²) in [5.41, 5.74) is 0. The highest BCUT2D eigenvalue weighted by atomic mass is 16.5. The number of likely N-dealkylation sites (N-methyl/N-ethyl adjacent to an activating group) is 8. The fourth-order valence-electron chi connectivity index (χ4n) is 12.9. The molecule has 2 aliphatic rings. The van der Waals surface area contributed by atoms with Crippen LogP contribution in [0.15, 0.2) is 12.2 Å². The number of rotatable bonds is 21. The molecule has 2 heterocycles. The van der Waals surface area contributed by atoms with Gasteiger partial charge < -0.3 is 69.9 Å². The first-order chi connectivity index (χ1) is 44.6. The average molecular weight is 1360 g/mol. The predicted octanol–water partition coefficient (Wildman–Crippen LogP) is 4.48. The number of aliphatic hydroxyl groups excluding tert-OH is 1. The van der Waals surface area contributed by atoms with Crippen molar-refractivity contribution >= 4 is 65.0 Å². The Hall–Kier alpha value is -6.21. The SMILES string of the molecule is C/C=C/C[C@@H](C)[C@@H](O)[C@H]1C(=O)N(C)[C@@H](CC)C(=O)N(C)[C@H](COCCCN2CCCC2)C(=O)N(C)[C@@H](CC(C)C)C(=O)N[C@@H](C(C)C)C(=O)N(C)[C@@H](CC(C)C)C(=O)N[C@@H](C)C(=O)N[C@H](C)C(=O)N(C)[C@@H](CC(C)C)C(=O)N(C)[C@@H](CC(C)C)C(=O)N(C)[C@@H](C(C)C)C(=O)N1C. The molecule has 0 aliphatic carbocycles. The second-order valence-electron chi connectivity index (χ2n) is 29.7. The molecule has 25 nitrogen and oxygen atoms in total. The molecule has 550 valence electrons. The molecule has 0 unspecified atom stereocenters. The summed E-state index contributed by atoms with van der Waals surface area (Å²) in [4.78, 5) is 177. The Balaban J connectivity index is 3.12. The average Bonchev–Trinajstić information content (AvgIpc) is 0.833. The minimum Gasteiger partial charge on any atom is -0.390 e. The number of ether oxygens (including phenoxy) is 1. The van der Waals surface area contributed by atoms with Gasteiger partial charge in [0.05, 0.1) is 12.7 Å². The van der Waals surface area contributed by atoms with Crippen LogP contribution in [0.4, 0.5) is 0 Å². The Morgan fingerprint density at radius 1 is 0.458 bits per heavy atom. The molecular formula is C71H128N12O13. The summed E-state index contributed by atoms with van der Waals surface area (Å²) < 4.78 is 6.27. The van der Waals surface area contributed by atoms with Gasteiger partial charge in [0.2, 0.25) is 65.0 Å². The third-order valence-electron chi connectivity index (χ3n) is 19.1. The topological polar surface area (TPSA) is 282 Å². The lowest BCUT2D eigenvalue weighted by Crippen LogP contribution is -2.64. The number of carbonyl (C=O) groups is 11. The summed E-state index contributed by atoms with van der Waals surface area (Å²) in [7, 11) is 11.5. The number of aliphatic hydroxyl groups is 1. The Morgan fingerprint density at radius 2 is 0.844 bits per heavy atom. The van der Waals surface area contributed by atoms with Crippen LogP contribution in [0, 0.1) is 41.4 Å². The van der Waals surface area contributed by atoms with Gasteiger partial charge in [-0.15, -0.1) is 0 Å². The molecule has 2 fully saturated rings. The molecule has 25 heteroatoms. The summed E-state index contributed by atoms with van der Waals surface area (Å²) in [6, 6.07) is -14.0. The number of amides is 11. The monoisotopic (exact) mass is 1360 g/mol. The molecule has 96 heavy (non-hydrogen) atoms. The third kappa shape index (κ3) is 23.8. The molecule has 13 atom stereocenters. The van der Waals surface area contributed by atoms with Crippen molar-refractivity contribution in [2.24, 2.45) is 41.4 Å². The molecule has 0 saturated carbocycles. The molecular weight excluding hydrogens is 1230 g/mol. The zero-order valence-corrected chi connectivity index (χ0v) is 63.4. The van der Waals surface area contributed by atoms with Gasteiger partial charge in [0.25, 0.3) is 0 Å². The van der Waals surface area contributed by atoms with Crippen molar-refractivity contribution in [3.63, 3.8) is 0 Å². The van der Waals surface area contributed by atoms with Crippen molar-refractivity contribution < 1.29 is 62.6 Å². The minimum atomic E-state index is -1.63. The molecule has 2 rings (SSSR count). The van der Waals surface area contributed by atoms with Crippen LogP contribution in [0.3, 0.4) is 0 Å². The Morgan fingerprint density at radius 3 is 1.31 bits per heavy atom. The first-order valence-corrected chi connectivity index (χ1v) is 35.3. The lowest BCUT2D eigenvalue weighted by Gasteiger charge is -2.43. The van der Waals surface area contributed by atoms with Gasteiger partial charge in [0, 0.05) is 69.5 Å². The second-order valence-corrected chi connectivity index (χ2v) is 29.7. The molecule has 2 aliphatic heterocycles. The van der Waals surface area contributed by atoms with Crippen molar-refractivity contribution in [1.82, 2.24) is 60.0 Å². The first-order valence-electron chi connectivity index (χ1n) is 35.3. The van der Waals surface area contributed by atoms with E-state index in [9.17, 15) is 24.3 Å². The highest BCUT2D eigenvalue weighted by Crippen LogP contribution is 2.27. The van der Waals surface area contributed by atoms with Gasteiger partial charge in [0.15, 0.2) is 0 Å². The zero-order valence-electron chi connectivity index (χ0n) is 63.4. The highest BCUT2D eigenvalue weighted by Gasteiger charge is 2.48. The minimum absolute atomic E-state index is 0.00889. The van der Waals surface area contributed by atoms with Crippen LogP contribution in [0.1, 0.15) is 175 Å². The molecule has 11 amide bonds. The van der Waals surface area contributed by atoms with Gasteiger partial charge in [-0.1, -0.05) is 109 Å². The van der Waals surface area contributed by atoms with Crippen molar-refractivity contribution in [3.8, 4) is 0 Å². The van der Waals surface area contributed by atoms with E-state index in [0.717, 1.165) is 37.4 Å². The van der Waals surface area contributed by atoms with Crippen molar-refractivity contribution in [3.05, 3.63) is 12.2 Å². The van der Waals surface area contributed by atoms with E-state index in [1.807, 2.05) is 68.4 Å². The van der Waals surface area contributed by atoms with E-state index in [1.54, 1.807) is 47.6 Å². The van der Waals surface area contributed by atoms with Gasteiger partial charge in [-0.25, -0.2) is 0 Å². The number of nitrogens with one attached hydrogen (secondary N) is 3. The van der Waals surface area contributed by atoms with Gasteiger partial charge in [-0.05, 0) is 133 Å². The maximum Gasteiger partial charge on any atom is 0.248 e. The van der Waals surface area contributed by atoms with Gasteiger partial charge in [0.1, 0.15) is 66.5 Å². The van der Waals surface area contributed by atoms with Crippen molar-refractivity contribution in [2.45, 2.75) is 248 Å². The predicted molar refractivity (Wildman–Crippen MR) is 373 cm³/mol. The van der Waals surface area contributed by atoms with Crippen LogP contribution in [-0.2, 0) is 57.5 Å². The van der Waals surface area contributed by atoms with Crippen LogP contribution in [0.5, 0.6) is 0 Å². The summed E-state index contributed by atoms with van der Waals surface area (Å²) >= 11 is 0. The van der Waals surface area contributed by atoms with E-state index in [2.05, 4.69) is 20.9 Å². The van der Waals surface area contributed by atoms with E-state index in [1.165, 1.54) is 105 Å². The number of hydrogen-bond donors (Lipinski definition) is 4. The van der Waals surface area contributed by atoms with Gasteiger partial charge in [-0.3, -0.25) is 52.7 Å². The number of allylic oxidation sites excluding steroid dienone is 2. The quantitative estimate of drug-likeness (QED) is 0.0911. The maximum absolute atomic E-state index is 15.6. The lowest BCUT2D eigenvalue weighted by molar-refractivity contribution is -0.161. The van der Waals surface area contributed by atoms with Crippen LogP contribution in [-0.4, -0.2) is 276 Å². The van der Waals surface area contributed by atoms with E-state index in [-0.39, 0.29) is 69.0 Å². The fourth-order valence-corrected chi connectivity index (χ4v) is 12.9. The Kier molecular flexibility index (Phi) is 35.8. The van der Waals surface area contributed by atoms with E-state index in [4.69, 9.17) is 4.74 Å². The fraction of sp³-hybridized carbons (Fsp3) is 0.817. The molecule has 0 spiro atoms. The summed E-state index contributed by atoms with van der Waals surface area (Å²) in [5.74, 6) is -9.85. The summed E-state index contributed by atoms with van der Waals surface area (Å²) in [6.45, 7) is 32.7. The molecule has 0 bridgehead atoms. The van der Waals surface area contributed by atoms with Crippen LogP contribution >= 0.6 is 0 Å². The molecule has 0 radical (unpaired) electrons. The largest absolute Gasteiger partial charge is 0.390 e. The second kappa shape index (κ2) is 40.0. The van der Waals surface area contributed by atoms with Crippen molar-refractivity contribution in [1.29, 1.82) is 0 Å². The van der Waals surface area contributed by atoms with E-state index >= 15 is 33.6 Å². The maximum atomic E-state index is 15.6. The molecule has 0 aromatic heterocycles. The molecule has 4 N–H and O–H groups in total. The summed E-state index contributed by atoms with van der Waals surface area (Å²) in [5, 5.41) is 20.8. The van der Waals surface area contributed by atoms with Gasteiger partial charge >= 0.3 is 0 Å². The normalized spacial score (nSPS) is 27.1. The van der Waals surface area contributed by atoms with Crippen LogP contribution < -0.4 is 16.0 Å². The highest BCUT2D eigenvalue weighted by molar-refractivity contribution is 6.00. The Bertz CT molecular complexity index is 2610. The smallest absolute Gasteiger partial charge is 0.248 e. The third-order valence-corrected chi connectivity index (χ3v) is 19.1. The van der Waals surface area contributed by atoms with Crippen LogP contribution in [0.25, 0.3) is 0 Å². The first kappa shape index (κ1) is 85.9. The number of hydrogen-bond acceptors (Lipinski definition) is 14. The number of nitrogens with zero attached hydrogens (tertiary/aromatic N) is 9. The molecule has 0 aromatic carbocycles. The number of carbonyl (C=O) groups excluding carboxylic acids is 11. The standard InChI is InChI=1S/C71H128N12O13/c1-26-28-32-48(15)60(84)59-71(95)75(18)51(27-2)65(89)80(23)56(41-96-36-31-35-83-33-29-30-34-83)68(92)76(19)53(38-43(5)6)63(87)74-57(46(11)12)69(93)77(20)52(37-42(3)4)62(86)72-49(16)61(85)73-50(17)64(88)78(21)54(39-44(7)8)66(90)79(22)55(40-45(9)10)67(91)81(24)58(47(13)14)70(94)82(59)25/h26,28,42-60,84H,27,29-41H2,1-25H3,(H,72,86)(H,73,85)(H,74,87)/b28-26+/t48-,49+,50-,51+,52+,53+,54+,55+,56-,57+,58+,59+,60-/m1/s1. The summed E-state index contributed by atoms with van der Waals surface area (Å²) in [6.07, 6.45) is 5.79. The molecule has 2 saturated heterocycles. The Labute approximate surface area is 576 Å². The lowest BCUT2D eigenvalue weighted by atomic mass is 9.91. The van der Waals surface area contributed by atoms with Gasteiger partial charge in [-0.2, -0.15) is 0 Å². The van der Waals surface area contributed by atoms with E-state index in [0.29, 0.717) is 12.8 Å². The molecule has 0 aromatic rings. The van der Waals surface area contributed by atoms with E-state index < -0.39 is 155 Å². The van der Waals surface area contributed by atoms with Crippen LogP contribution in [0.2, 0.25) is 0 Å². The number of likely N-dealkylation sites (tertiary alicyclic amines) is 1. The zero-order chi connectivity index (χ0) is 73.7. The van der Waals surface area contributed by atoms with Crippen molar-refractivity contribution in [2.75, 3.05) is 89.2 Å².